The van der Waals surface area contributed by atoms with Crippen molar-refractivity contribution in [2.24, 2.45) is 11.8 Å². The van der Waals surface area contributed by atoms with E-state index in [0.717, 1.165) is 19.3 Å². The Kier molecular flexibility index (Phi) is 3.29. The lowest BCUT2D eigenvalue weighted by Crippen LogP contribution is -2.19. The summed E-state index contributed by atoms with van der Waals surface area (Å²) in [5.41, 5.74) is 0. The Bertz CT molecular complexity index is 273. The first-order valence-corrected chi connectivity index (χ1v) is 6.09. The molecule has 1 nitrogen and oxygen atoms in total. The van der Waals surface area contributed by atoms with Gasteiger partial charge in [-0.25, -0.2) is 0 Å². The Morgan fingerprint density at radius 3 is 3.00 bits per heavy atom. The van der Waals surface area contributed by atoms with Gasteiger partial charge >= 0.3 is 0 Å². The van der Waals surface area contributed by atoms with Gasteiger partial charge in [-0.1, -0.05) is 12.4 Å². The zero-order valence-corrected chi connectivity index (χ0v) is 9.04. The van der Waals surface area contributed by atoms with E-state index in [2.05, 4.69) is 17.5 Å². The van der Waals surface area contributed by atoms with Crippen LogP contribution in [0.1, 0.15) is 17.7 Å². The molecule has 1 aliphatic rings. The minimum Gasteiger partial charge on any atom is -0.393 e. The molecular formula is C11H15BOS. The number of rotatable bonds is 3. The van der Waals surface area contributed by atoms with E-state index in [1.165, 1.54) is 4.88 Å². The van der Waals surface area contributed by atoms with Crippen molar-refractivity contribution in [1.82, 2.24) is 0 Å². The molecule has 0 aliphatic heterocycles. The summed E-state index contributed by atoms with van der Waals surface area (Å²) in [7, 11) is 5.69. The molecular weight excluding hydrogens is 191 g/mol. The topological polar surface area (TPSA) is 20.2 Å². The van der Waals surface area contributed by atoms with Crippen LogP contribution in [0.5, 0.6) is 0 Å². The van der Waals surface area contributed by atoms with Crippen LogP contribution in [0.4, 0.5) is 0 Å². The van der Waals surface area contributed by atoms with Crippen LogP contribution in [-0.2, 0) is 6.42 Å². The van der Waals surface area contributed by atoms with Crippen LogP contribution in [-0.4, -0.2) is 19.1 Å². The largest absolute Gasteiger partial charge is 0.393 e. The summed E-state index contributed by atoms with van der Waals surface area (Å²) in [6, 6.07) is 4.26. The predicted octanol–water partition coefficient (Wildman–Crippen LogP) is 2.26. The lowest BCUT2D eigenvalue weighted by atomic mass is 9.81. The Morgan fingerprint density at radius 1 is 1.50 bits per heavy atom. The second-order valence-corrected chi connectivity index (χ2v) is 5.12. The molecule has 0 aromatic carbocycles. The minimum absolute atomic E-state index is 0.162. The molecule has 0 saturated heterocycles. The third-order valence-corrected chi connectivity index (χ3v) is 4.15. The van der Waals surface area contributed by atoms with E-state index in [9.17, 15) is 5.11 Å². The normalized spacial score (nSPS) is 32.2. The monoisotopic (exact) mass is 206 g/mol. The van der Waals surface area contributed by atoms with E-state index in [4.69, 9.17) is 7.85 Å². The molecule has 1 aliphatic carbocycles. The molecule has 3 atom stereocenters. The summed E-state index contributed by atoms with van der Waals surface area (Å²) in [5.74, 6) is 0.908. The first-order chi connectivity index (χ1) is 6.81. The van der Waals surface area contributed by atoms with Gasteiger partial charge in [-0.3, -0.25) is 0 Å². The Balaban J connectivity index is 1.98. The van der Waals surface area contributed by atoms with Gasteiger partial charge < -0.3 is 5.11 Å². The van der Waals surface area contributed by atoms with Crippen LogP contribution < -0.4 is 0 Å². The highest BCUT2D eigenvalue weighted by Gasteiger charge is 2.33. The van der Waals surface area contributed by atoms with Gasteiger partial charge in [-0.2, -0.15) is 0 Å². The molecule has 2 radical (unpaired) electrons. The van der Waals surface area contributed by atoms with E-state index in [1.54, 1.807) is 11.3 Å². The van der Waals surface area contributed by atoms with E-state index in [0.29, 0.717) is 18.2 Å². The molecule has 0 amide bonds. The lowest BCUT2D eigenvalue weighted by Gasteiger charge is -2.19. The summed E-state index contributed by atoms with van der Waals surface area (Å²) >= 11 is 1.80. The van der Waals surface area contributed by atoms with Crippen LogP contribution in [0.2, 0.25) is 6.32 Å². The van der Waals surface area contributed by atoms with E-state index < -0.39 is 0 Å². The summed E-state index contributed by atoms with van der Waals surface area (Å²) in [6.45, 7) is 0. The lowest BCUT2D eigenvalue weighted by molar-refractivity contribution is 0.128. The highest BCUT2D eigenvalue weighted by molar-refractivity contribution is 7.09. The highest BCUT2D eigenvalue weighted by atomic mass is 32.1. The number of hydrogen-bond donors (Lipinski definition) is 1. The molecule has 3 unspecified atom stereocenters. The number of thiophene rings is 1. The summed E-state index contributed by atoms with van der Waals surface area (Å²) < 4.78 is 0. The van der Waals surface area contributed by atoms with Crippen molar-refractivity contribution in [2.75, 3.05) is 0 Å². The first-order valence-electron chi connectivity index (χ1n) is 5.21. The van der Waals surface area contributed by atoms with Crippen molar-refractivity contribution >= 4 is 19.2 Å². The molecule has 1 heterocycles. The quantitative estimate of drug-likeness (QED) is 0.752. The van der Waals surface area contributed by atoms with Gasteiger partial charge in [0.25, 0.3) is 0 Å². The maximum atomic E-state index is 9.71. The average molecular weight is 206 g/mol. The van der Waals surface area contributed by atoms with Crippen LogP contribution in [0.15, 0.2) is 17.5 Å². The maximum Gasteiger partial charge on any atom is 0.0658 e. The van der Waals surface area contributed by atoms with Gasteiger partial charge in [-0.05, 0) is 42.5 Å². The molecule has 1 aromatic rings. The van der Waals surface area contributed by atoms with Crippen LogP contribution >= 0.6 is 11.3 Å². The third-order valence-electron chi connectivity index (χ3n) is 3.25. The summed E-state index contributed by atoms with van der Waals surface area (Å²) in [4.78, 5) is 1.42. The molecule has 74 valence electrons. The molecule has 0 bridgehead atoms. The van der Waals surface area contributed by atoms with Crippen molar-refractivity contribution < 1.29 is 5.11 Å². The van der Waals surface area contributed by atoms with E-state index in [-0.39, 0.29) is 6.10 Å². The molecule has 0 spiro atoms. The smallest absolute Gasteiger partial charge is 0.0658 e. The van der Waals surface area contributed by atoms with Gasteiger partial charge in [0.1, 0.15) is 0 Å². The van der Waals surface area contributed by atoms with Gasteiger partial charge in [-0.15, -0.1) is 11.3 Å². The van der Waals surface area contributed by atoms with Crippen molar-refractivity contribution in [3.8, 4) is 0 Å². The predicted molar refractivity (Wildman–Crippen MR) is 60.8 cm³/mol. The van der Waals surface area contributed by atoms with Gasteiger partial charge in [0.2, 0.25) is 0 Å². The van der Waals surface area contributed by atoms with Gasteiger partial charge in [0, 0.05) is 4.88 Å². The zero-order valence-electron chi connectivity index (χ0n) is 8.23. The molecule has 1 aromatic heterocycles. The van der Waals surface area contributed by atoms with Gasteiger partial charge in [0.15, 0.2) is 0 Å². The average Bonchev–Trinajstić information content (AvgIpc) is 2.77. The van der Waals surface area contributed by atoms with Gasteiger partial charge in [0.05, 0.1) is 14.0 Å². The summed E-state index contributed by atoms with van der Waals surface area (Å²) in [6.07, 6.45) is 3.61. The third kappa shape index (κ3) is 2.04. The zero-order chi connectivity index (χ0) is 9.97. The minimum atomic E-state index is -0.162. The number of aliphatic hydroxyl groups excluding tert-OH is 1. The molecule has 1 fully saturated rings. The molecule has 1 saturated carbocycles. The van der Waals surface area contributed by atoms with Crippen molar-refractivity contribution in [3.05, 3.63) is 22.4 Å². The second-order valence-electron chi connectivity index (χ2n) is 4.09. The number of hydrogen-bond acceptors (Lipinski definition) is 2. The van der Waals surface area contributed by atoms with Crippen molar-refractivity contribution in [3.63, 3.8) is 0 Å². The first kappa shape index (κ1) is 10.2. The molecule has 14 heavy (non-hydrogen) atoms. The molecule has 1 N–H and O–H groups in total. The Labute approximate surface area is 90.6 Å². The fraction of sp³-hybridized carbons (Fsp3) is 0.636. The standard InChI is InChI=1S/C11H15BOS/c12-7-10-8(3-4-11(10)13)6-9-2-1-5-14-9/h1-2,5,8,10-11,13H,3-4,6-7H2. The van der Waals surface area contributed by atoms with Crippen molar-refractivity contribution in [2.45, 2.75) is 31.7 Å². The molecule has 3 heteroatoms. The summed E-state index contributed by atoms with van der Waals surface area (Å²) in [5, 5.41) is 11.8. The molecule has 2 rings (SSSR count). The Hall–Kier alpha value is -0.275. The fourth-order valence-corrected chi connectivity index (χ4v) is 3.22. The van der Waals surface area contributed by atoms with Crippen LogP contribution in [0.3, 0.4) is 0 Å². The van der Waals surface area contributed by atoms with E-state index in [1.807, 2.05) is 0 Å². The maximum absolute atomic E-state index is 9.71. The van der Waals surface area contributed by atoms with Crippen LogP contribution in [0.25, 0.3) is 0 Å². The van der Waals surface area contributed by atoms with Crippen LogP contribution in [0, 0.1) is 11.8 Å². The van der Waals surface area contributed by atoms with Crippen molar-refractivity contribution in [1.29, 1.82) is 0 Å². The Morgan fingerprint density at radius 2 is 2.36 bits per heavy atom. The number of aliphatic hydroxyl groups is 1. The highest BCUT2D eigenvalue weighted by Crippen LogP contribution is 2.36. The second kappa shape index (κ2) is 4.50. The SMILES string of the molecule is [B]CC1C(O)CCC1Cc1cccs1. The fourth-order valence-electron chi connectivity index (χ4n) is 2.42. The van der Waals surface area contributed by atoms with E-state index >= 15 is 0 Å².